The fraction of sp³-hybridized carbons (Fsp3) is 0.800. The number of rotatable bonds is 10. The fourth-order valence-electron chi connectivity index (χ4n) is 10.3. The lowest BCUT2D eigenvalue weighted by Crippen LogP contribution is -2.61. The summed E-state index contributed by atoms with van der Waals surface area (Å²) in [6.07, 6.45) is -7.60. The maximum absolute atomic E-state index is 14.6. The van der Waals surface area contributed by atoms with Crippen molar-refractivity contribution in [2.75, 3.05) is 21.3 Å². The predicted octanol–water partition coefficient (Wildman–Crippen LogP) is 4.77. The molecule has 15 heteroatoms. The van der Waals surface area contributed by atoms with Crippen LogP contribution in [-0.2, 0) is 54.0 Å². The number of methoxy groups -OCH3 is 2. The molecule has 0 bridgehead atoms. The monoisotopic (exact) mass is 849 g/mol. The van der Waals surface area contributed by atoms with Gasteiger partial charge in [-0.25, -0.2) is 4.79 Å². The first-order valence-corrected chi connectivity index (χ1v) is 21.7. The zero-order chi connectivity index (χ0) is 44.5. The van der Waals surface area contributed by atoms with Crippen LogP contribution in [0.2, 0.25) is 0 Å². The molecule has 0 radical (unpaired) electrons. The molecular formula is C45H72N2O13. The molecule has 5 rings (SSSR count). The van der Waals surface area contributed by atoms with E-state index in [4.69, 9.17) is 37.9 Å². The minimum atomic E-state index is -1.37. The highest BCUT2D eigenvalue weighted by molar-refractivity contribution is 5.85. The molecule has 18 atom stereocenters. The average Bonchev–Trinajstić information content (AvgIpc) is 3.53. The number of ketones is 1. The van der Waals surface area contributed by atoms with Crippen molar-refractivity contribution in [1.82, 2.24) is 10.2 Å². The zero-order valence-electron chi connectivity index (χ0n) is 37.9. The molecule has 1 aromatic rings. The fourth-order valence-corrected chi connectivity index (χ4v) is 10.3. The Morgan fingerprint density at radius 1 is 0.883 bits per heavy atom. The number of alkyl carbamates (subject to hydrolysis) is 1. The lowest BCUT2D eigenvalue weighted by atomic mass is 9.73. The molecular weight excluding hydrogens is 776 g/mol. The number of Topliss-reactive ketones (excluding diaryl/α,β-unsaturated/α-hetero) is 1. The lowest BCUT2D eigenvalue weighted by molar-refractivity contribution is -0.319. The Hall–Kier alpha value is -2.73. The number of amides is 1. The van der Waals surface area contributed by atoms with E-state index in [9.17, 15) is 24.6 Å². The van der Waals surface area contributed by atoms with E-state index in [1.165, 1.54) is 7.11 Å². The van der Waals surface area contributed by atoms with Gasteiger partial charge in [-0.2, -0.15) is 0 Å². The minimum absolute atomic E-state index is 0.132. The normalized spacial score (nSPS) is 44.7. The zero-order valence-corrected chi connectivity index (χ0v) is 37.9. The van der Waals surface area contributed by atoms with E-state index < -0.39 is 108 Å². The number of aliphatic hydroxyl groups is 2. The molecule has 0 aliphatic carbocycles. The molecule has 340 valence electrons. The maximum atomic E-state index is 14.6. The van der Waals surface area contributed by atoms with Crippen LogP contribution in [0.15, 0.2) is 30.3 Å². The van der Waals surface area contributed by atoms with Crippen LogP contribution in [0.3, 0.4) is 0 Å². The lowest BCUT2D eigenvalue weighted by Gasteiger charge is -2.50. The number of ether oxygens (including phenoxy) is 8. The third-order valence-electron chi connectivity index (χ3n) is 14.1. The number of likely N-dealkylation sites (N-methyl/N-ethyl adjacent to an activating group) is 1. The second-order valence-electron chi connectivity index (χ2n) is 18.6. The van der Waals surface area contributed by atoms with Gasteiger partial charge >= 0.3 is 12.1 Å². The second-order valence-corrected chi connectivity index (χ2v) is 18.6. The third-order valence-corrected chi connectivity index (χ3v) is 14.1. The number of nitrogens with one attached hydrogen (secondary N) is 1. The smallest absolute Gasteiger partial charge is 0.408 e. The van der Waals surface area contributed by atoms with Gasteiger partial charge in [0.1, 0.15) is 24.1 Å². The third kappa shape index (κ3) is 9.89. The first-order chi connectivity index (χ1) is 28.1. The molecule has 4 saturated heterocycles. The van der Waals surface area contributed by atoms with Crippen LogP contribution in [0.4, 0.5) is 4.79 Å². The van der Waals surface area contributed by atoms with Crippen LogP contribution in [-0.4, -0.2) is 138 Å². The Morgan fingerprint density at radius 2 is 1.53 bits per heavy atom. The molecule has 0 saturated carbocycles. The van der Waals surface area contributed by atoms with Gasteiger partial charge in [-0.3, -0.25) is 14.5 Å². The van der Waals surface area contributed by atoms with Gasteiger partial charge in [0.2, 0.25) is 0 Å². The van der Waals surface area contributed by atoms with Crippen LogP contribution in [0.5, 0.6) is 0 Å². The summed E-state index contributed by atoms with van der Waals surface area (Å²) < 4.78 is 50.9. The Morgan fingerprint density at radius 3 is 2.15 bits per heavy atom. The van der Waals surface area contributed by atoms with Crippen LogP contribution < -0.4 is 5.32 Å². The van der Waals surface area contributed by atoms with Crippen LogP contribution >= 0.6 is 0 Å². The number of benzene rings is 1. The molecule has 4 fully saturated rings. The topological polar surface area (TPSA) is 181 Å². The Kier molecular flexibility index (Phi) is 15.6. The van der Waals surface area contributed by atoms with Crippen LogP contribution in [0, 0.1) is 23.7 Å². The highest BCUT2D eigenvalue weighted by atomic mass is 16.7. The molecule has 4 heterocycles. The SMILES string of the molecule is CC[C@H]1OC(=O)[C@H](C)[C@@H](O[C@H]2C[C@@](C)(OC)[C@@H](O)[C@H](C)O2)[C@H](C)[C@@H](O[C@@H]2O[C@H](C)C[C@H](N(C)Cc3ccccc3)[C@H]2O)[C@@](C)(OC)C[C@@H](C)C(=O)[C@H](C)[C@H]2NC(=O)O[C@@]21C. The van der Waals surface area contributed by atoms with Gasteiger partial charge in [-0.15, -0.1) is 0 Å². The number of hydrogen-bond acceptors (Lipinski definition) is 14. The van der Waals surface area contributed by atoms with Crippen LogP contribution in [0.25, 0.3) is 0 Å². The standard InChI is InChI=1S/C45H72N2O13/c1-14-32-45(10)37(46-42(52)60-45)26(4)34(48)24(2)21-44(9,54-13)39(59-41-35(49)31(20-25(3)55-41)47(11)23-30-18-16-15-17-19-30)27(5)36(28(6)40(51)57-32)58-33-22-43(8,53-12)38(50)29(7)56-33/h15-19,24-29,31-33,35-39,41,49-50H,14,20-23H2,1-13H3,(H,46,52)/t24-,25-,26+,27+,28-,29+,31+,32-,33+,35-,36+,37-,38+,39-,41+,43-,44+,45-/m1/s1. The molecule has 60 heavy (non-hydrogen) atoms. The van der Waals surface area contributed by atoms with Crippen molar-refractivity contribution >= 4 is 17.8 Å². The first kappa shape index (κ1) is 48.3. The summed E-state index contributed by atoms with van der Waals surface area (Å²) in [4.78, 5) is 44.1. The van der Waals surface area contributed by atoms with Gasteiger partial charge in [-0.1, -0.05) is 58.0 Å². The van der Waals surface area contributed by atoms with Crippen molar-refractivity contribution in [2.24, 2.45) is 23.7 Å². The molecule has 3 N–H and O–H groups in total. The van der Waals surface area contributed by atoms with E-state index in [2.05, 4.69) is 10.2 Å². The van der Waals surface area contributed by atoms with Gasteiger partial charge in [0, 0.05) is 51.0 Å². The van der Waals surface area contributed by atoms with E-state index in [0.29, 0.717) is 13.0 Å². The van der Waals surface area contributed by atoms with E-state index in [1.54, 1.807) is 41.7 Å². The number of hydrogen-bond donors (Lipinski definition) is 3. The maximum Gasteiger partial charge on any atom is 0.408 e. The summed E-state index contributed by atoms with van der Waals surface area (Å²) in [7, 11) is 5.03. The first-order valence-electron chi connectivity index (χ1n) is 21.7. The summed E-state index contributed by atoms with van der Waals surface area (Å²) in [5, 5.41) is 26.0. The molecule has 1 amide bonds. The number of carbonyl (C=O) groups is 3. The number of fused-ring (bicyclic) bond motifs is 1. The molecule has 0 spiro atoms. The van der Waals surface area contributed by atoms with E-state index in [-0.39, 0.29) is 37.2 Å². The van der Waals surface area contributed by atoms with E-state index in [1.807, 2.05) is 72.0 Å². The van der Waals surface area contributed by atoms with Crippen molar-refractivity contribution in [3.63, 3.8) is 0 Å². The molecule has 4 aliphatic heterocycles. The number of cyclic esters (lactones) is 1. The summed E-state index contributed by atoms with van der Waals surface area (Å²) in [5.74, 6) is -3.85. The summed E-state index contributed by atoms with van der Waals surface area (Å²) in [6.45, 7) is 18.6. The highest BCUT2D eigenvalue weighted by Crippen LogP contribution is 2.43. The number of esters is 1. The number of carbonyl (C=O) groups excluding carboxylic acids is 3. The van der Waals surface area contributed by atoms with E-state index in [0.717, 1.165) is 5.56 Å². The highest BCUT2D eigenvalue weighted by Gasteiger charge is 2.58. The van der Waals surface area contributed by atoms with Crippen molar-refractivity contribution in [2.45, 2.75) is 186 Å². The molecule has 1 aromatic carbocycles. The van der Waals surface area contributed by atoms with Crippen molar-refractivity contribution in [1.29, 1.82) is 0 Å². The summed E-state index contributed by atoms with van der Waals surface area (Å²) in [6, 6.07) is 8.86. The second kappa shape index (κ2) is 19.3. The summed E-state index contributed by atoms with van der Waals surface area (Å²) >= 11 is 0. The van der Waals surface area contributed by atoms with Gasteiger partial charge in [0.05, 0.1) is 47.6 Å². The molecule has 4 aliphatic rings. The predicted molar refractivity (Wildman–Crippen MR) is 220 cm³/mol. The minimum Gasteiger partial charge on any atom is -0.458 e. The van der Waals surface area contributed by atoms with Crippen molar-refractivity contribution in [3.05, 3.63) is 35.9 Å². The quantitative estimate of drug-likeness (QED) is 0.274. The molecule has 0 aromatic heterocycles. The van der Waals surface area contributed by atoms with Gasteiger partial charge in [0.15, 0.2) is 18.2 Å². The van der Waals surface area contributed by atoms with Gasteiger partial charge in [-0.05, 0) is 73.4 Å². The Bertz CT molecular complexity index is 1620. The Balaban J connectivity index is 1.60. The molecule has 15 nitrogen and oxygen atoms in total. The largest absolute Gasteiger partial charge is 0.458 e. The average molecular weight is 849 g/mol. The number of nitrogens with zero attached hydrogens (tertiary/aromatic N) is 1. The van der Waals surface area contributed by atoms with Crippen molar-refractivity contribution in [3.8, 4) is 0 Å². The van der Waals surface area contributed by atoms with Crippen LogP contribution in [0.1, 0.15) is 100 Å². The Labute approximate surface area is 356 Å². The van der Waals surface area contributed by atoms with Crippen molar-refractivity contribution < 1.29 is 62.5 Å². The van der Waals surface area contributed by atoms with Gasteiger partial charge in [0.25, 0.3) is 0 Å². The summed E-state index contributed by atoms with van der Waals surface area (Å²) in [5.41, 5.74) is -2.56. The van der Waals surface area contributed by atoms with Gasteiger partial charge < -0.3 is 53.4 Å². The van der Waals surface area contributed by atoms with E-state index >= 15 is 0 Å². The molecule has 0 unspecified atom stereocenters. The number of aliphatic hydroxyl groups excluding tert-OH is 2.